The SMILES string of the molecule is CN=C(NCc1ccc(N2CCCC2)nc1)NCc1cccc(Cl)c1.I. The van der Waals surface area contributed by atoms with Crippen LogP contribution in [0.15, 0.2) is 47.6 Å². The minimum atomic E-state index is 0. The molecule has 1 aromatic heterocycles. The van der Waals surface area contributed by atoms with Gasteiger partial charge in [0.25, 0.3) is 0 Å². The first-order chi connectivity index (χ1) is 12.2. The molecule has 2 aromatic rings. The Hall–Kier alpha value is -1.54. The molecule has 0 amide bonds. The van der Waals surface area contributed by atoms with Gasteiger partial charge in [-0.2, -0.15) is 0 Å². The molecule has 26 heavy (non-hydrogen) atoms. The molecule has 1 aliphatic rings. The van der Waals surface area contributed by atoms with Crippen LogP contribution in [0.3, 0.4) is 0 Å². The average Bonchev–Trinajstić information content (AvgIpc) is 3.17. The lowest BCUT2D eigenvalue weighted by Gasteiger charge is -2.16. The monoisotopic (exact) mass is 485 g/mol. The fourth-order valence-electron chi connectivity index (χ4n) is 2.89. The highest BCUT2D eigenvalue weighted by molar-refractivity contribution is 14.0. The Morgan fingerprint density at radius 3 is 2.46 bits per heavy atom. The molecule has 0 atom stereocenters. The lowest BCUT2D eigenvalue weighted by atomic mass is 10.2. The van der Waals surface area contributed by atoms with Crippen LogP contribution in [-0.4, -0.2) is 31.1 Å². The predicted octanol–water partition coefficient (Wildman–Crippen LogP) is 3.82. The van der Waals surface area contributed by atoms with Crippen molar-refractivity contribution in [3.05, 3.63) is 58.7 Å². The van der Waals surface area contributed by atoms with Gasteiger partial charge in [-0.25, -0.2) is 4.98 Å². The number of guanidine groups is 1. The van der Waals surface area contributed by atoms with Gasteiger partial charge in [-0.1, -0.05) is 29.8 Å². The molecule has 0 spiro atoms. The van der Waals surface area contributed by atoms with Gasteiger partial charge in [-0.15, -0.1) is 24.0 Å². The van der Waals surface area contributed by atoms with Gasteiger partial charge >= 0.3 is 0 Å². The van der Waals surface area contributed by atoms with Gasteiger partial charge in [0.2, 0.25) is 0 Å². The van der Waals surface area contributed by atoms with E-state index in [9.17, 15) is 0 Å². The van der Waals surface area contributed by atoms with Crippen molar-refractivity contribution in [2.75, 3.05) is 25.0 Å². The number of nitrogens with one attached hydrogen (secondary N) is 2. The summed E-state index contributed by atoms with van der Waals surface area (Å²) in [6.07, 6.45) is 4.46. The molecule has 0 bridgehead atoms. The van der Waals surface area contributed by atoms with Gasteiger partial charge in [0.1, 0.15) is 5.82 Å². The molecule has 1 saturated heterocycles. The molecule has 1 aliphatic heterocycles. The van der Waals surface area contributed by atoms with E-state index >= 15 is 0 Å². The number of benzene rings is 1. The quantitative estimate of drug-likeness (QED) is 0.384. The van der Waals surface area contributed by atoms with Crippen LogP contribution in [0, 0.1) is 0 Å². The summed E-state index contributed by atoms with van der Waals surface area (Å²) in [5.74, 6) is 1.83. The maximum Gasteiger partial charge on any atom is 0.191 e. The lowest BCUT2D eigenvalue weighted by Crippen LogP contribution is -2.36. The van der Waals surface area contributed by atoms with Crippen molar-refractivity contribution in [2.24, 2.45) is 4.99 Å². The molecule has 0 aliphatic carbocycles. The molecule has 1 aromatic carbocycles. The number of aliphatic imine (C=N–C) groups is 1. The number of hydrogen-bond donors (Lipinski definition) is 2. The van der Waals surface area contributed by atoms with Crippen LogP contribution in [0.2, 0.25) is 5.02 Å². The van der Waals surface area contributed by atoms with Crippen LogP contribution in [0.4, 0.5) is 5.82 Å². The molecular weight excluding hydrogens is 461 g/mol. The first-order valence-electron chi connectivity index (χ1n) is 8.63. The van der Waals surface area contributed by atoms with E-state index in [1.54, 1.807) is 7.05 Å². The number of halogens is 2. The topological polar surface area (TPSA) is 52.6 Å². The van der Waals surface area contributed by atoms with E-state index in [0.29, 0.717) is 13.1 Å². The molecule has 5 nitrogen and oxygen atoms in total. The summed E-state index contributed by atoms with van der Waals surface area (Å²) >= 11 is 6.01. The Kier molecular flexibility index (Phi) is 8.44. The average molecular weight is 486 g/mol. The van der Waals surface area contributed by atoms with Crippen LogP contribution < -0.4 is 15.5 Å². The van der Waals surface area contributed by atoms with Crippen LogP contribution in [0.5, 0.6) is 0 Å². The third-order valence-electron chi connectivity index (χ3n) is 4.27. The number of hydrogen-bond acceptors (Lipinski definition) is 3. The normalized spacial score (nSPS) is 14.1. The number of nitrogens with zero attached hydrogens (tertiary/aromatic N) is 3. The summed E-state index contributed by atoms with van der Waals surface area (Å²) in [4.78, 5) is 11.2. The van der Waals surface area contributed by atoms with Gasteiger partial charge in [0, 0.05) is 44.4 Å². The number of anilines is 1. The molecule has 7 heteroatoms. The van der Waals surface area contributed by atoms with Crippen molar-refractivity contribution in [2.45, 2.75) is 25.9 Å². The van der Waals surface area contributed by atoms with Crippen LogP contribution >= 0.6 is 35.6 Å². The lowest BCUT2D eigenvalue weighted by molar-refractivity contribution is 0.806. The largest absolute Gasteiger partial charge is 0.357 e. The summed E-state index contributed by atoms with van der Waals surface area (Å²) in [7, 11) is 1.77. The summed E-state index contributed by atoms with van der Waals surface area (Å²) in [5, 5.41) is 7.34. The van der Waals surface area contributed by atoms with Crippen molar-refractivity contribution in [1.82, 2.24) is 15.6 Å². The first-order valence-corrected chi connectivity index (χ1v) is 9.01. The number of aromatic nitrogens is 1. The van der Waals surface area contributed by atoms with E-state index in [2.05, 4.69) is 37.6 Å². The summed E-state index contributed by atoms with van der Waals surface area (Å²) in [5.41, 5.74) is 2.25. The molecule has 140 valence electrons. The van der Waals surface area contributed by atoms with E-state index < -0.39 is 0 Å². The molecule has 3 rings (SSSR count). The van der Waals surface area contributed by atoms with Gasteiger partial charge in [0.05, 0.1) is 0 Å². The van der Waals surface area contributed by atoms with E-state index in [4.69, 9.17) is 11.6 Å². The zero-order valence-corrected chi connectivity index (χ0v) is 18.0. The van der Waals surface area contributed by atoms with Gasteiger partial charge < -0.3 is 15.5 Å². The van der Waals surface area contributed by atoms with Gasteiger partial charge in [-0.05, 0) is 42.2 Å². The third kappa shape index (κ3) is 6.02. The second-order valence-electron chi connectivity index (χ2n) is 6.13. The maximum atomic E-state index is 6.01. The minimum Gasteiger partial charge on any atom is -0.357 e. The Labute approximate surface area is 177 Å². The molecular formula is C19H25ClIN5. The zero-order valence-electron chi connectivity index (χ0n) is 14.9. The Morgan fingerprint density at radius 2 is 1.85 bits per heavy atom. The molecule has 2 N–H and O–H groups in total. The number of rotatable bonds is 5. The van der Waals surface area contributed by atoms with Crippen molar-refractivity contribution in [3.63, 3.8) is 0 Å². The van der Waals surface area contributed by atoms with E-state index in [0.717, 1.165) is 41.0 Å². The van der Waals surface area contributed by atoms with E-state index in [-0.39, 0.29) is 24.0 Å². The molecule has 0 saturated carbocycles. The first kappa shape index (κ1) is 20.8. The zero-order chi connectivity index (χ0) is 17.5. The second kappa shape index (κ2) is 10.6. The molecule has 1 fully saturated rings. The summed E-state index contributed by atoms with van der Waals surface area (Å²) in [6.45, 7) is 3.59. The maximum absolute atomic E-state index is 6.01. The smallest absolute Gasteiger partial charge is 0.191 e. The fraction of sp³-hybridized carbons (Fsp3) is 0.368. The van der Waals surface area contributed by atoms with Crippen LogP contribution in [0.1, 0.15) is 24.0 Å². The van der Waals surface area contributed by atoms with Crippen molar-refractivity contribution >= 4 is 47.4 Å². The molecule has 2 heterocycles. The Bertz CT molecular complexity index is 714. The minimum absolute atomic E-state index is 0. The predicted molar refractivity (Wildman–Crippen MR) is 120 cm³/mol. The highest BCUT2D eigenvalue weighted by Crippen LogP contribution is 2.17. The van der Waals surface area contributed by atoms with E-state index in [1.807, 2.05) is 30.5 Å². The van der Waals surface area contributed by atoms with Crippen molar-refractivity contribution in [1.29, 1.82) is 0 Å². The van der Waals surface area contributed by atoms with Crippen LogP contribution in [0.25, 0.3) is 0 Å². The van der Waals surface area contributed by atoms with Crippen molar-refractivity contribution in [3.8, 4) is 0 Å². The van der Waals surface area contributed by atoms with E-state index in [1.165, 1.54) is 12.8 Å². The Balaban J connectivity index is 0.00000243. The van der Waals surface area contributed by atoms with Crippen molar-refractivity contribution < 1.29 is 0 Å². The third-order valence-corrected chi connectivity index (χ3v) is 4.51. The van der Waals surface area contributed by atoms with Crippen LogP contribution in [-0.2, 0) is 13.1 Å². The van der Waals surface area contributed by atoms with Gasteiger partial charge in [-0.3, -0.25) is 4.99 Å². The standard InChI is InChI=1S/C19H24ClN5.HI/c1-21-19(23-12-15-5-4-6-17(20)11-15)24-14-16-7-8-18(22-13-16)25-9-2-3-10-25;/h4-8,11,13H,2-3,9-10,12,14H2,1H3,(H2,21,23,24);1H. The Morgan fingerprint density at radius 1 is 1.12 bits per heavy atom. The molecule has 0 unspecified atom stereocenters. The molecule has 0 radical (unpaired) electrons. The van der Waals surface area contributed by atoms with Gasteiger partial charge in [0.15, 0.2) is 5.96 Å². The fourth-order valence-corrected chi connectivity index (χ4v) is 3.11. The highest BCUT2D eigenvalue weighted by atomic mass is 127. The second-order valence-corrected chi connectivity index (χ2v) is 6.56. The highest BCUT2D eigenvalue weighted by Gasteiger charge is 2.12. The summed E-state index contributed by atoms with van der Waals surface area (Å²) < 4.78 is 0. The summed E-state index contributed by atoms with van der Waals surface area (Å²) in [6, 6.07) is 12.0. The number of pyridine rings is 1.